The monoisotopic (exact) mass is 384 g/mol. The standard InChI is InChI=1S/C20H18ClFN4O/c21-16-2-1-3-18(14-16)26-9-8-23-20(26)25-12-10-24(11-13-25)19(27)15-4-6-17(22)7-5-15/h1-9,14H,10-13H2. The van der Waals surface area contributed by atoms with Crippen molar-refractivity contribution in [2.75, 3.05) is 31.1 Å². The molecule has 4 rings (SSSR count). The number of carbonyl (C=O) groups excluding carboxylic acids is 1. The first-order valence-electron chi connectivity index (χ1n) is 8.71. The number of carbonyl (C=O) groups is 1. The Bertz CT molecular complexity index is 949. The van der Waals surface area contributed by atoms with E-state index in [0.717, 1.165) is 11.6 Å². The van der Waals surface area contributed by atoms with E-state index in [-0.39, 0.29) is 11.7 Å². The Morgan fingerprint density at radius 3 is 2.48 bits per heavy atom. The number of rotatable bonds is 3. The lowest BCUT2D eigenvalue weighted by Crippen LogP contribution is -2.49. The summed E-state index contributed by atoms with van der Waals surface area (Å²) < 4.78 is 15.0. The molecule has 2 aromatic carbocycles. The van der Waals surface area contributed by atoms with Crippen LogP contribution in [0.5, 0.6) is 0 Å². The minimum Gasteiger partial charge on any atom is -0.338 e. The minimum absolute atomic E-state index is 0.0761. The van der Waals surface area contributed by atoms with Crippen LogP contribution in [0.25, 0.3) is 5.69 Å². The quantitative estimate of drug-likeness (QED) is 0.692. The molecule has 0 unspecified atom stereocenters. The molecule has 0 aliphatic carbocycles. The van der Waals surface area contributed by atoms with Gasteiger partial charge in [0.2, 0.25) is 5.95 Å². The predicted octanol–water partition coefficient (Wildman–Crippen LogP) is 3.63. The molecule has 1 aliphatic rings. The highest BCUT2D eigenvalue weighted by Crippen LogP contribution is 2.22. The van der Waals surface area contributed by atoms with Gasteiger partial charge < -0.3 is 9.80 Å². The smallest absolute Gasteiger partial charge is 0.253 e. The van der Waals surface area contributed by atoms with Crippen LogP contribution in [0.15, 0.2) is 60.9 Å². The number of amides is 1. The van der Waals surface area contributed by atoms with Gasteiger partial charge in [-0.2, -0.15) is 0 Å². The highest BCUT2D eigenvalue weighted by molar-refractivity contribution is 6.30. The first-order chi connectivity index (χ1) is 13.1. The maximum absolute atomic E-state index is 13.1. The third-order valence-electron chi connectivity index (χ3n) is 4.65. The van der Waals surface area contributed by atoms with Crippen LogP contribution in [0.2, 0.25) is 5.02 Å². The zero-order valence-electron chi connectivity index (χ0n) is 14.6. The molecule has 0 N–H and O–H groups in total. The van der Waals surface area contributed by atoms with E-state index in [1.165, 1.54) is 24.3 Å². The molecule has 0 saturated carbocycles. The fourth-order valence-electron chi connectivity index (χ4n) is 3.24. The number of hydrogen-bond donors (Lipinski definition) is 0. The SMILES string of the molecule is O=C(c1ccc(F)cc1)N1CCN(c2nccn2-c2cccc(Cl)c2)CC1. The molecule has 1 aromatic heterocycles. The van der Waals surface area contributed by atoms with Crippen LogP contribution >= 0.6 is 11.6 Å². The van der Waals surface area contributed by atoms with Crippen LogP contribution < -0.4 is 4.90 Å². The Morgan fingerprint density at radius 2 is 1.78 bits per heavy atom. The number of nitrogens with zero attached hydrogens (tertiary/aromatic N) is 4. The molecule has 2 heterocycles. The van der Waals surface area contributed by atoms with Gasteiger partial charge in [0, 0.05) is 54.8 Å². The van der Waals surface area contributed by atoms with Gasteiger partial charge in [0.05, 0.1) is 0 Å². The summed E-state index contributed by atoms with van der Waals surface area (Å²) in [6.45, 7) is 2.51. The zero-order chi connectivity index (χ0) is 18.8. The molecule has 0 spiro atoms. The number of benzene rings is 2. The fraction of sp³-hybridized carbons (Fsp3) is 0.200. The second-order valence-corrected chi connectivity index (χ2v) is 6.80. The van der Waals surface area contributed by atoms with Crippen molar-refractivity contribution in [1.29, 1.82) is 0 Å². The van der Waals surface area contributed by atoms with E-state index >= 15 is 0 Å². The predicted molar refractivity (Wildman–Crippen MR) is 103 cm³/mol. The maximum Gasteiger partial charge on any atom is 0.253 e. The molecule has 1 amide bonds. The van der Waals surface area contributed by atoms with Crippen LogP contribution in [0.3, 0.4) is 0 Å². The van der Waals surface area contributed by atoms with E-state index in [4.69, 9.17) is 11.6 Å². The lowest BCUT2D eigenvalue weighted by molar-refractivity contribution is 0.0746. The summed E-state index contributed by atoms with van der Waals surface area (Å²) in [7, 11) is 0. The normalized spacial score (nSPS) is 14.4. The summed E-state index contributed by atoms with van der Waals surface area (Å²) in [5, 5.41) is 0.668. The Balaban J connectivity index is 1.47. The number of piperazine rings is 1. The Labute approximate surface area is 161 Å². The third-order valence-corrected chi connectivity index (χ3v) is 4.88. The van der Waals surface area contributed by atoms with Crippen molar-refractivity contribution < 1.29 is 9.18 Å². The lowest BCUT2D eigenvalue weighted by atomic mass is 10.2. The topological polar surface area (TPSA) is 41.4 Å². The van der Waals surface area contributed by atoms with Crippen LogP contribution in [0, 0.1) is 5.82 Å². The minimum atomic E-state index is -0.343. The summed E-state index contributed by atoms with van der Waals surface area (Å²) >= 11 is 6.11. The molecular weight excluding hydrogens is 367 g/mol. The van der Waals surface area contributed by atoms with Crippen LogP contribution in [-0.2, 0) is 0 Å². The van der Waals surface area contributed by atoms with Gasteiger partial charge >= 0.3 is 0 Å². The molecule has 0 bridgehead atoms. The van der Waals surface area contributed by atoms with Crippen molar-refractivity contribution in [3.8, 4) is 5.69 Å². The molecule has 0 radical (unpaired) electrons. The third kappa shape index (κ3) is 3.66. The summed E-state index contributed by atoms with van der Waals surface area (Å²) in [5.41, 5.74) is 1.45. The van der Waals surface area contributed by atoms with E-state index in [2.05, 4.69) is 9.88 Å². The van der Waals surface area contributed by atoms with Gasteiger partial charge in [-0.3, -0.25) is 9.36 Å². The summed E-state index contributed by atoms with van der Waals surface area (Å²) in [4.78, 5) is 21.0. The number of hydrogen-bond acceptors (Lipinski definition) is 3. The summed E-state index contributed by atoms with van der Waals surface area (Å²) in [5.74, 6) is 0.406. The van der Waals surface area contributed by atoms with E-state index in [1.54, 1.807) is 11.1 Å². The molecule has 5 nitrogen and oxygen atoms in total. The summed E-state index contributed by atoms with van der Waals surface area (Å²) in [6, 6.07) is 13.3. The van der Waals surface area contributed by atoms with Crippen molar-refractivity contribution in [1.82, 2.24) is 14.5 Å². The van der Waals surface area contributed by atoms with Crippen molar-refractivity contribution >= 4 is 23.5 Å². The highest BCUT2D eigenvalue weighted by Gasteiger charge is 2.24. The average molecular weight is 385 g/mol. The van der Waals surface area contributed by atoms with Crippen molar-refractivity contribution in [3.05, 3.63) is 77.3 Å². The zero-order valence-corrected chi connectivity index (χ0v) is 15.3. The van der Waals surface area contributed by atoms with Gasteiger partial charge in [-0.15, -0.1) is 0 Å². The molecule has 3 aromatic rings. The molecule has 1 fully saturated rings. The Kier molecular flexibility index (Phi) is 4.81. The molecule has 0 atom stereocenters. The number of imidazole rings is 1. The Morgan fingerprint density at radius 1 is 1.04 bits per heavy atom. The van der Waals surface area contributed by atoms with E-state index in [9.17, 15) is 9.18 Å². The molecule has 27 heavy (non-hydrogen) atoms. The lowest BCUT2D eigenvalue weighted by Gasteiger charge is -2.35. The van der Waals surface area contributed by atoms with E-state index in [1.807, 2.05) is 35.0 Å². The van der Waals surface area contributed by atoms with Crippen LogP contribution in [-0.4, -0.2) is 46.5 Å². The highest BCUT2D eigenvalue weighted by atomic mass is 35.5. The second-order valence-electron chi connectivity index (χ2n) is 6.36. The number of aromatic nitrogens is 2. The number of halogens is 2. The van der Waals surface area contributed by atoms with Gasteiger partial charge in [-0.05, 0) is 42.5 Å². The van der Waals surface area contributed by atoms with Gasteiger partial charge in [-0.25, -0.2) is 9.37 Å². The van der Waals surface area contributed by atoms with Gasteiger partial charge in [0.25, 0.3) is 5.91 Å². The number of anilines is 1. The van der Waals surface area contributed by atoms with Crippen LogP contribution in [0.4, 0.5) is 10.3 Å². The first kappa shape index (κ1) is 17.5. The fourth-order valence-corrected chi connectivity index (χ4v) is 3.43. The molecule has 138 valence electrons. The van der Waals surface area contributed by atoms with Crippen molar-refractivity contribution in [3.63, 3.8) is 0 Å². The van der Waals surface area contributed by atoms with Gasteiger partial charge in [0.15, 0.2) is 0 Å². The molecule has 7 heteroatoms. The molecule has 1 aliphatic heterocycles. The average Bonchev–Trinajstić information content (AvgIpc) is 3.18. The molecular formula is C20H18ClFN4O. The van der Waals surface area contributed by atoms with Crippen LogP contribution in [0.1, 0.15) is 10.4 Å². The summed E-state index contributed by atoms with van der Waals surface area (Å²) in [6.07, 6.45) is 3.66. The van der Waals surface area contributed by atoms with E-state index in [0.29, 0.717) is 36.8 Å². The van der Waals surface area contributed by atoms with Crippen molar-refractivity contribution in [2.45, 2.75) is 0 Å². The van der Waals surface area contributed by atoms with Gasteiger partial charge in [-0.1, -0.05) is 17.7 Å². The largest absolute Gasteiger partial charge is 0.338 e. The van der Waals surface area contributed by atoms with Crippen molar-refractivity contribution in [2.24, 2.45) is 0 Å². The maximum atomic E-state index is 13.1. The molecule has 1 saturated heterocycles. The van der Waals surface area contributed by atoms with Gasteiger partial charge in [0.1, 0.15) is 5.82 Å². The Hall–Kier alpha value is -2.86. The second kappa shape index (κ2) is 7.40. The van der Waals surface area contributed by atoms with E-state index < -0.39 is 0 Å². The first-order valence-corrected chi connectivity index (χ1v) is 9.09.